The molecule has 2 aromatic carbocycles. The third-order valence-corrected chi connectivity index (χ3v) is 6.22. The molecule has 0 saturated heterocycles. The zero-order valence-corrected chi connectivity index (χ0v) is 20.3. The minimum atomic E-state index is -0.233. The second-order valence-corrected chi connectivity index (χ2v) is 9.33. The van der Waals surface area contributed by atoms with Crippen LogP contribution in [-0.4, -0.2) is 27.5 Å². The van der Waals surface area contributed by atoms with Gasteiger partial charge in [0.1, 0.15) is 23.0 Å². The van der Waals surface area contributed by atoms with E-state index in [0.29, 0.717) is 22.7 Å². The molecule has 4 aromatic rings. The monoisotopic (exact) mass is 565 g/mol. The Hall–Kier alpha value is -2.26. The first-order valence-corrected chi connectivity index (χ1v) is 11.4. The van der Waals surface area contributed by atoms with Crippen molar-refractivity contribution in [3.05, 3.63) is 76.6 Å². The van der Waals surface area contributed by atoms with Crippen LogP contribution in [0.3, 0.4) is 0 Å². The van der Waals surface area contributed by atoms with Gasteiger partial charge in [-0.2, -0.15) is 5.10 Å². The molecular formula is C21H18ClIN5O2P. The van der Waals surface area contributed by atoms with Crippen molar-refractivity contribution in [3.63, 3.8) is 0 Å². The van der Waals surface area contributed by atoms with Gasteiger partial charge in [0.25, 0.3) is 5.91 Å². The topological polar surface area (TPSA) is 95.1 Å². The van der Waals surface area contributed by atoms with Crippen molar-refractivity contribution in [2.75, 3.05) is 12.8 Å². The largest absolute Gasteiger partial charge is 0.398 e. The highest BCUT2D eigenvalue weighted by molar-refractivity contribution is 14.1. The van der Waals surface area contributed by atoms with Crippen molar-refractivity contribution in [1.82, 2.24) is 19.9 Å². The van der Waals surface area contributed by atoms with Gasteiger partial charge in [-0.25, -0.2) is 9.44 Å². The van der Waals surface area contributed by atoms with Crippen LogP contribution in [-0.2, 0) is 9.27 Å². The van der Waals surface area contributed by atoms with Gasteiger partial charge in [-0.05, 0) is 41.5 Å². The molecule has 0 saturated carbocycles. The molecule has 3 N–H and O–H groups in total. The zero-order chi connectivity index (χ0) is 22.0. The number of hydrogen-bond donors (Lipinski definition) is 2. The minimum absolute atomic E-state index is 0.0104. The lowest BCUT2D eigenvalue weighted by Gasteiger charge is -2.08. The predicted molar refractivity (Wildman–Crippen MR) is 134 cm³/mol. The number of carbonyl (C=O) groups is 1. The summed E-state index contributed by atoms with van der Waals surface area (Å²) in [5.41, 5.74) is 11.2. The van der Waals surface area contributed by atoms with E-state index in [4.69, 9.17) is 25.3 Å². The number of carbonyl (C=O) groups excluding carboxylic acids is 1. The molecule has 2 aromatic heterocycles. The maximum atomic E-state index is 12.1. The number of amides is 1. The zero-order valence-electron chi connectivity index (χ0n) is 16.4. The molecule has 10 heteroatoms. The molecule has 0 radical (unpaired) electrons. The van der Waals surface area contributed by atoms with Crippen molar-refractivity contribution < 1.29 is 7.65 Å². The van der Waals surface area contributed by atoms with Crippen LogP contribution in [0.5, 0.6) is 0 Å². The summed E-state index contributed by atoms with van der Waals surface area (Å²) in [7, 11) is 1.59. The number of aromatic nitrogens is 3. The fraction of sp³-hybridized carbons (Fsp3) is 0.0952. The Balaban J connectivity index is 1.81. The van der Waals surface area contributed by atoms with Gasteiger partial charge >= 0.3 is 0 Å². The predicted octanol–water partition coefficient (Wildman–Crippen LogP) is 5.01. The van der Waals surface area contributed by atoms with E-state index in [2.05, 4.69) is 10.3 Å². The van der Waals surface area contributed by atoms with Gasteiger partial charge in [-0.1, -0.05) is 29.8 Å². The molecule has 0 bridgehead atoms. The number of benzene rings is 2. The molecule has 1 atom stereocenters. The summed E-state index contributed by atoms with van der Waals surface area (Å²) >= 11 is 8.00. The van der Waals surface area contributed by atoms with E-state index in [1.54, 1.807) is 29.8 Å². The Kier molecular flexibility index (Phi) is 6.71. The summed E-state index contributed by atoms with van der Waals surface area (Å²) < 4.78 is 7.03. The molecule has 0 aliphatic rings. The highest BCUT2D eigenvalue weighted by atomic mass is 127. The van der Waals surface area contributed by atoms with Crippen molar-refractivity contribution >= 4 is 66.2 Å². The first-order valence-electron chi connectivity index (χ1n) is 9.28. The SMILES string of the molecule is CNC(=O)c1cc(-c2cnc3c(c2)c(Cc2cccc(Cl)c2)nn3POI)ccc1N. The maximum absolute atomic E-state index is 12.1. The lowest BCUT2D eigenvalue weighted by atomic mass is 10.0. The Bertz CT molecular complexity index is 1280. The molecule has 0 spiro atoms. The average Bonchev–Trinajstić information content (AvgIpc) is 3.10. The summed E-state index contributed by atoms with van der Waals surface area (Å²) in [5.74, 6) is -0.233. The number of nitrogens with zero attached hydrogens (tertiary/aromatic N) is 3. The van der Waals surface area contributed by atoms with Crippen molar-refractivity contribution in [2.24, 2.45) is 0 Å². The first kappa shape index (κ1) is 22.0. The van der Waals surface area contributed by atoms with Crippen LogP contribution in [0.4, 0.5) is 5.69 Å². The molecule has 0 aliphatic heterocycles. The normalized spacial score (nSPS) is 11.5. The van der Waals surface area contributed by atoms with E-state index in [-0.39, 0.29) is 14.9 Å². The Morgan fingerprint density at radius 1 is 1.26 bits per heavy atom. The van der Waals surface area contributed by atoms with Crippen LogP contribution in [0.15, 0.2) is 54.7 Å². The smallest absolute Gasteiger partial charge is 0.253 e. The van der Waals surface area contributed by atoms with Gasteiger partial charge in [-0.3, -0.25) is 7.65 Å². The van der Waals surface area contributed by atoms with Crippen molar-refractivity contribution in [3.8, 4) is 11.1 Å². The molecule has 0 fully saturated rings. The highest BCUT2D eigenvalue weighted by Crippen LogP contribution is 2.32. The van der Waals surface area contributed by atoms with Gasteiger partial charge in [0.15, 0.2) is 14.6 Å². The summed E-state index contributed by atoms with van der Waals surface area (Å²) in [6.07, 6.45) is 2.37. The third-order valence-electron chi connectivity index (χ3n) is 4.84. The maximum Gasteiger partial charge on any atom is 0.253 e. The quantitative estimate of drug-likeness (QED) is 0.195. The third kappa shape index (κ3) is 4.67. The van der Waals surface area contributed by atoms with Crippen LogP contribution in [0.1, 0.15) is 21.6 Å². The van der Waals surface area contributed by atoms with Crippen LogP contribution in [0.2, 0.25) is 5.02 Å². The van der Waals surface area contributed by atoms with Crippen molar-refractivity contribution in [1.29, 1.82) is 0 Å². The van der Waals surface area contributed by atoms with E-state index in [0.717, 1.165) is 33.4 Å². The Labute approximate surface area is 199 Å². The standard InChI is InChI=1S/C21H18ClIN5O2P/c1-25-21(29)16-9-13(5-6-18(16)24)14-10-17-19(8-12-3-2-4-15(22)7-12)27-28(31-30-23)20(17)26-11-14/h2-7,9-11,31H,8,24H2,1H3,(H,25,29). The van der Waals surface area contributed by atoms with Crippen LogP contribution in [0, 0.1) is 0 Å². The van der Waals surface area contributed by atoms with E-state index in [9.17, 15) is 4.79 Å². The fourth-order valence-corrected chi connectivity index (χ4v) is 4.62. The number of halogens is 2. The van der Waals surface area contributed by atoms with Gasteiger partial charge in [0.05, 0.1) is 11.3 Å². The van der Waals surface area contributed by atoms with E-state index < -0.39 is 0 Å². The molecule has 2 heterocycles. The van der Waals surface area contributed by atoms with Crippen LogP contribution >= 0.6 is 43.6 Å². The van der Waals surface area contributed by atoms with Crippen LogP contribution in [0.25, 0.3) is 22.2 Å². The van der Waals surface area contributed by atoms with Gasteiger partial charge < -0.3 is 11.1 Å². The summed E-state index contributed by atoms with van der Waals surface area (Å²) in [6, 6.07) is 15.1. The molecule has 31 heavy (non-hydrogen) atoms. The molecule has 1 unspecified atom stereocenters. The molecule has 0 aliphatic carbocycles. The second kappa shape index (κ2) is 9.48. The van der Waals surface area contributed by atoms with E-state index in [1.165, 1.54) is 0 Å². The first-order chi connectivity index (χ1) is 15.0. The minimum Gasteiger partial charge on any atom is -0.398 e. The van der Waals surface area contributed by atoms with Crippen LogP contribution < -0.4 is 11.1 Å². The van der Waals surface area contributed by atoms with Crippen molar-refractivity contribution in [2.45, 2.75) is 6.42 Å². The Morgan fingerprint density at radius 2 is 2.10 bits per heavy atom. The number of anilines is 1. The average molecular weight is 566 g/mol. The lowest BCUT2D eigenvalue weighted by molar-refractivity contribution is 0.0964. The lowest BCUT2D eigenvalue weighted by Crippen LogP contribution is -2.19. The molecule has 7 nitrogen and oxygen atoms in total. The Morgan fingerprint density at radius 3 is 2.84 bits per heavy atom. The van der Waals surface area contributed by atoms with Gasteiger partial charge in [0, 0.05) is 41.3 Å². The number of nitrogens with one attached hydrogen (secondary N) is 1. The number of hydrogen-bond acceptors (Lipinski definition) is 5. The summed E-state index contributed by atoms with van der Waals surface area (Å²) in [4.78, 5) is 16.8. The number of pyridine rings is 1. The van der Waals surface area contributed by atoms with Gasteiger partial charge in [0.2, 0.25) is 0 Å². The summed E-state index contributed by atoms with van der Waals surface area (Å²) in [5, 5.41) is 8.93. The highest BCUT2D eigenvalue weighted by Gasteiger charge is 2.16. The molecule has 1 amide bonds. The number of rotatable bonds is 6. The fourth-order valence-electron chi connectivity index (χ4n) is 3.35. The second-order valence-electron chi connectivity index (χ2n) is 6.81. The summed E-state index contributed by atoms with van der Waals surface area (Å²) in [6.45, 7) is 0. The van der Waals surface area contributed by atoms with E-state index >= 15 is 0 Å². The molecule has 4 rings (SSSR count). The van der Waals surface area contributed by atoms with Gasteiger partial charge in [-0.15, -0.1) is 0 Å². The number of nitrogen functional groups attached to an aromatic ring is 1. The number of fused-ring (bicyclic) bond motifs is 1. The molecule has 158 valence electrons. The number of nitrogens with two attached hydrogens (primary N) is 1. The van der Waals surface area contributed by atoms with E-state index in [1.807, 2.05) is 59.4 Å². The molecular weight excluding hydrogens is 548 g/mol.